The Bertz CT molecular complexity index is 285. The molecule has 2 aliphatic rings. The van der Waals surface area contributed by atoms with E-state index in [9.17, 15) is 4.79 Å². The van der Waals surface area contributed by atoms with Crippen molar-refractivity contribution in [1.29, 1.82) is 0 Å². The zero-order chi connectivity index (χ0) is 12.5. The van der Waals surface area contributed by atoms with E-state index in [4.69, 9.17) is 4.74 Å². The average Bonchev–Trinajstić information content (AvgIpc) is 2.80. The Morgan fingerprint density at radius 1 is 1.47 bits per heavy atom. The summed E-state index contributed by atoms with van der Waals surface area (Å²) in [4.78, 5) is 14.4. The monoisotopic (exact) mass is 240 g/mol. The van der Waals surface area contributed by atoms with Gasteiger partial charge in [0.2, 0.25) is 5.91 Å². The molecule has 2 unspecified atom stereocenters. The maximum atomic E-state index is 12.5. The van der Waals surface area contributed by atoms with E-state index < -0.39 is 0 Å². The molecule has 98 valence electrons. The summed E-state index contributed by atoms with van der Waals surface area (Å²) in [7, 11) is 1.91. The lowest BCUT2D eigenvalue weighted by Crippen LogP contribution is -2.57. The molecule has 0 bridgehead atoms. The van der Waals surface area contributed by atoms with Crippen molar-refractivity contribution >= 4 is 5.91 Å². The van der Waals surface area contributed by atoms with Crippen LogP contribution in [0.15, 0.2) is 0 Å². The fraction of sp³-hybridized carbons (Fsp3) is 0.923. The Morgan fingerprint density at radius 3 is 2.82 bits per heavy atom. The highest BCUT2D eigenvalue weighted by Crippen LogP contribution is 2.31. The van der Waals surface area contributed by atoms with Gasteiger partial charge in [-0.3, -0.25) is 4.79 Å². The standard InChI is InChI=1S/C13H24N2O2/c1-13(2)6-4-7-14-11(13)12(16)15(3)10-5-8-17-9-10/h10-11,14H,4-9H2,1-3H3. The number of ether oxygens (including phenoxy) is 1. The Morgan fingerprint density at radius 2 is 2.24 bits per heavy atom. The van der Waals surface area contributed by atoms with Gasteiger partial charge in [0.15, 0.2) is 0 Å². The van der Waals surface area contributed by atoms with Gasteiger partial charge in [-0.25, -0.2) is 0 Å². The summed E-state index contributed by atoms with van der Waals surface area (Å²) < 4.78 is 5.35. The molecule has 4 nitrogen and oxygen atoms in total. The summed E-state index contributed by atoms with van der Waals surface area (Å²) in [6.07, 6.45) is 3.24. The normalized spacial score (nSPS) is 32.4. The summed E-state index contributed by atoms with van der Waals surface area (Å²) in [6, 6.07) is 0.226. The van der Waals surface area contributed by atoms with Gasteiger partial charge in [-0.2, -0.15) is 0 Å². The molecule has 2 aliphatic heterocycles. The van der Waals surface area contributed by atoms with Gasteiger partial charge in [-0.1, -0.05) is 13.8 Å². The number of hydrogen-bond donors (Lipinski definition) is 1. The Hall–Kier alpha value is -0.610. The fourth-order valence-corrected chi connectivity index (χ4v) is 2.84. The number of piperidine rings is 1. The van der Waals surface area contributed by atoms with E-state index in [-0.39, 0.29) is 23.4 Å². The molecule has 0 radical (unpaired) electrons. The van der Waals surface area contributed by atoms with E-state index in [2.05, 4.69) is 19.2 Å². The van der Waals surface area contributed by atoms with E-state index in [1.165, 1.54) is 0 Å². The second-order valence-electron chi connectivity index (χ2n) is 5.95. The van der Waals surface area contributed by atoms with Gasteiger partial charge in [0, 0.05) is 13.7 Å². The molecule has 0 aromatic carbocycles. The SMILES string of the molecule is CN(C(=O)C1NCCCC1(C)C)C1CCOC1. The van der Waals surface area contributed by atoms with Crippen LogP contribution in [-0.4, -0.2) is 49.7 Å². The number of nitrogens with zero attached hydrogens (tertiary/aromatic N) is 1. The molecule has 0 aromatic rings. The highest BCUT2D eigenvalue weighted by molar-refractivity contribution is 5.83. The van der Waals surface area contributed by atoms with Gasteiger partial charge >= 0.3 is 0 Å². The van der Waals surface area contributed by atoms with Crippen LogP contribution < -0.4 is 5.32 Å². The number of carbonyl (C=O) groups is 1. The van der Waals surface area contributed by atoms with Crippen LogP contribution in [0.25, 0.3) is 0 Å². The minimum absolute atomic E-state index is 0.0400. The van der Waals surface area contributed by atoms with Crippen LogP contribution in [0.5, 0.6) is 0 Å². The smallest absolute Gasteiger partial charge is 0.240 e. The average molecular weight is 240 g/mol. The number of hydrogen-bond acceptors (Lipinski definition) is 3. The van der Waals surface area contributed by atoms with Crippen LogP contribution >= 0.6 is 0 Å². The zero-order valence-electron chi connectivity index (χ0n) is 11.2. The third-order valence-corrected chi connectivity index (χ3v) is 4.18. The van der Waals surface area contributed by atoms with Crippen molar-refractivity contribution in [3.63, 3.8) is 0 Å². The van der Waals surface area contributed by atoms with Crippen molar-refractivity contribution < 1.29 is 9.53 Å². The summed E-state index contributed by atoms with van der Waals surface area (Å²) in [5, 5.41) is 3.38. The minimum Gasteiger partial charge on any atom is -0.379 e. The second kappa shape index (κ2) is 4.94. The van der Waals surface area contributed by atoms with Crippen molar-refractivity contribution in [3.05, 3.63) is 0 Å². The van der Waals surface area contributed by atoms with Gasteiger partial charge in [0.1, 0.15) is 0 Å². The third-order valence-electron chi connectivity index (χ3n) is 4.18. The molecule has 2 rings (SSSR count). The van der Waals surface area contributed by atoms with Crippen molar-refractivity contribution in [2.45, 2.75) is 45.2 Å². The maximum Gasteiger partial charge on any atom is 0.240 e. The number of likely N-dealkylation sites (N-methyl/N-ethyl adjacent to an activating group) is 1. The number of carbonyl (C=O) groups excluding carboxylic acids is 1. The summed E-state index contributed by atoms with van der Waals surface area (Å²) in [6.45, 7) is 6.79. The maximum absolute atomic E-state index is 12.5. The first kappa shape index (κ1) is 12.8. The van der Waals surface area contributed by atoms with Gasteiger partial charge in [-0.05, 0) is 31.2 Å². The first-order chi connectivity index (χ1) is 8.02. The number of amides is 1. The molecule has 2 saturated heterocycles. The van der Waals surface area contributed by atoms with Crippen LogP contribution in [0.2, 0.25) is 0 Å². The van der Waals surface area contributed by atoms with Gasteiger partial charge in [0.05, 0.1) is 18.7 Å². The molecule has 0 saturated carbocycles. The molecular formula is C13H24N2O2. The number of nitrogens with one attached hydrogen (secondary N) is 1. The molecule has 1 amide bonds. The van der Waals surface area contributed by atoms with Crippen LogP contribution in [-0.2, 0) is 9.53 Å². The molecule has 0 aromatic heterocycles. The van der Waals surface area contributed by atoms with Crippen molar-refractivity contribution in [3.8, 4) is 0 Å². The first-order valence-electron chi connectivity index (χ1n) is 6.60. The molecule has 4 heteroatoms. The van der Waals surface area contributed by atoms with Crippen molar-refractivity contribution in [2.24, 2.45) is 5.41 Å². The molecule has 1 N–H and O–H groups in total. The lowest BCUT2D eigenvalue weighted by Gasteiger charge is -2.41. The quantitative estimate of drug-likeness (QED) is 0.783. The van der Waals surface area contributed by atoms with Crippen LogP contribution in [0.4, 0.5) is 0 Å². The predicted molar refractivity (Wildman–Crippen MR) is 66.8 cm³/mol. The van der Waals surface area contributed by atoms with Crippen LogP contribution in [0.3, 0.4) is 0 Å². The summed E-state index contributed by atoms with van der Waals surface area (Å²) >= 11 is 0. The van der Waals surface area contributed by atoms with Gasteiger partial charge < -0.3 is 15.0 Å². The predicted octanol–water partition coefficient (Wildman–Crippen LogP) is 1.01. The second-order valence-corrected chi connectivity index (χ2v) is 5.95. The van der Waals surface area contributed by atoms with E-state index in [0.29, 0.717) is 6.61 Å². The third kappa shape index (κ3) is 2.63. The zero-order valence-corrected chi connectivity index (χ0v) is 11.2. The first-order valence-corrected chi connectivity index (χ1v) is 6.60. The van der Waals surface area contributed by atoms with E-state index in [0.717, 1.165) is 32.4 Å². The Labute approximate surface area is 104 Å². The van der Waals surface area contributed by atoms with E-state index in [1.807, 2.05) is 11.9 Å². The minimum atomic E-state index is -0.0400. The number of rotatable bonds is 2. The summed E-state index contributed by atoms with van der Waals surface area (Å²) in [5.41, 5.74) is 0.0586. The highest BCUT2D eigenvalue weighted by Gasteiger charge is 2.40. The van der Waals surface area contributed by atoms with Gasteiger partial charge in [-0.15, -0.1) is 0 Å². The van der Waals surface area contributed by atoms with E-state index >= 15 is 0 Å². The molecule has 2 fully saturated rings. The molecule has 2 heterocycles. The Balaban J connectivity index is 2.02. The Kier molecular flexibility index (Phi) is 3.73. The lowest BCUT2D eigenvalue weighted by atomic mass is 9.77. The van der Waals surface area contributed by atoms with Crippen molar-refractivity contribution in [1.82, 2.24) is 10.2 Å². The van der Waals surface area contributed by atoms with Crippen molar-refractivity contribution in [2.75, 3.05) is 26.8 Å². The van der Waals surface area contributed by atoms with Crippen LogP contribution in [0.1, 0.15) is 33.1 Å². The lowest BCUT2D eigenvalue weighted by molar-refractivity contribution is -0.138. The summed E-state index contributed by atoms with van der Waals surface area (Å²) in [5.74, 6) is 0.227. The topological polar surface area (TPSA) is 41.6 Å². The molecular weight excluding hydrogens is 216 g/mol. The highest BCUT2D eigenvalue weighted by atomic mass is 16.5. The molecule has 0 aliphatic carbocycles. The fourth-order valence-electron chi connectivity index (χ4n) is 2.84. The van der Waals surface area contributed by atoms with E-state index in [1.54, 1.807) is 0 Å². The molecule has 17 heavy (non-hydrogen) atoms. The van der Waals surface area contributed by atoms with Crippen LogP contribution in [0, 0.1) is 5.41 Å². The molecule has 2 atom stereocenters. The van der Waals surface area contributed by atoms with Gasteiger partial charge in [0.25, 0.3) is 0 Å². The molecule has 0 spiro atoms. The largest absolute Gasteiger partial charge is 0.379 e.